The molecular formula is C19H29NO3. The lowest BCUT2D eigenvalue weighted by atomic mass is 9.78. The van der Waals surface area contributed by atoms with E-state index in [2.05, 4.69) is 38.7 Å². The lowest BCUT2D eigenvalue weighted by Gasteiger charge is -2.50. The van der Waals surface area contributed by atoms with Crippen molar-refractivity contribution in [1.29, 1.82) is 0 Å². The van der Waals surface area contributed by atoms with E-state index in [1.165, 1.54) is 5.56 Å². The van der Waals surface area contributed by atoms with E-state index in [1.807, 2.05) is 12.1 Å². The summed E-state index contributed by atoms with van der Waals surface area (Å²) in [5.41, 5.74) is 1.92. The molecule has 1 heterocycles. The molecular weight excluding hydrogens is 290 g/mol. The number of aliphatic carboxylic acids is 1. The fourth-order valence-corrected chi connectivity index (χ4v) is 3.96. The molecule has 23 heavy (non-hydrogen) atoms. The van der Waals surface area contributed by atoms with Gasteiger partial charge in [-0.05, 0) is 44.2 Å². The van der Waals surface area contributed by atoms with Gasteiger partial charge in [0.15, 0.2) is 0 Å². The fraction of sp³-hybridized carbons (Fsp3) is 0.632. The third kappa shape index (κ3) is 3.31. The summed E-state index contributed by atoms with van der Waals surface area (Å²) in [6.07, 6.45) is 3.49. The zero-order valence-corrected chi connectivity index (χ0v) is 14.9. The summed E-state index contributed by atoms with van der Waals surface area (Å²) in [5, 5.41) is 9.86. The number of carboxylic acid groups (broad SMARTS) is 1. The number of anilines is 1. The van der Waals surface area contributed by atoms with Crippen LogP contribution in [0.1, 0.15) is 64.9 Å². The zero-order chi connectivity index (χ0) is 17.2. The molecule has 0 aliphatic carbocycles. The number of benzene rings is 1. The van der Waals surface area contributed by atoms with Gasteiger partial charge in [-0.2, -0.15) is 0 Å². The average Bonchev–Trinajstić information content (AvgIpc) is 2.48. The lowest BCUT2D eigenvalue weighted by molar-refractivity contribution is -0.139. The Morgan fingerprint density at radius 2 is 2.17 bits per heavy atom. The Morgan fingerprint density at radius 3 is 2.74 bits per heavy atom. The van der Waals surface area contributed by atoms with Crippen LogP contribution in [0.4, 0.5) is 5.69 Å². The van der Waals surface area contributed by atoms with Crippen molar-refractivity contribution in [2.24, 2.45) is 0 Å². The zero-order valence-electron chi connectivity index (χ0n) is 14.9. The van der Waals surface area contributed by atoms with E-state index in [1.54, 1.807) is 7.11 Å². The van der Waals surface area contributed by atoms with Crippen molar-refractivity contribution < 1.29 is 14.6 Å². The normalized spacial score (nSPS) is 20.7. The van der Waals surface area contributed by atoms with Crippen LogP contribution < -0.4 is 9.64 Å². The van der Waals surface area contributed by atoms with Gasteiger partial charge in [0.05, 0.1) is 12.8 Å². The number of rotatable bonds is 6. The standard InChI is InChI=1S/C19H29NO3/c1-6-7-10-15(18(21)22)20-17-14(9-8-11-16(17)23-5)13(2)12-19(20,3)4/h8-9,11,13,15H,6-7,10,12H2,1-5H3,(H,21,22). The van der Waals surface area contributed by atoms with E-state index in [9.17, 15) is 9.90 Å². The third-order valence-corrected chi connectivity index (χ3v) is 4.91. The molecule has 2 rings (SSSR count). The molecule has 2 atom stereocenters. The number of hydrogen-bond acceptors (Lipinski definition) is 3. The van der Waals surface area contributed by atoms with Crippen molar-refractivity contribution in [2.75, 3.05) is 12.0 Å². The molecule has 4 nitrogen and oxygen atoms in total. The average molecular weight is 319 g/mol. The Hall–Kier alpha value is -1.71. The van der Waals surface area contributed by atoms with E-state index in [0.29, 0.717) is 12.3 Å². The first-order valence-electron chi connectivity index (χ1n) is 8.52. The van der Waals surface area contributed by atoms with Crippen LogP contribution in [-0.2, 0) is 4.79 Å². The Balaban J connectivity index is 2.60. The van der Waals surface area contributed by atoms with Gasteiger partial charge >= 0.3 is 5.97 Å². The number of carboxylic acids is 1. The van der Waals surface area contributed by atoms with Crippen LogP contribution >= 0.6 is 0 Å². The highest BCUT2D eigenvalue weighted by Gasteiger charge is 2.43. The maximum absolute atomic E-state index is 12.0. The quantitative estimate of drug-likeness (QED) is 0.842. The molecule has 128 valence electrons. The molecule has 1 N–H and O–H groups in total. The Morgan fingerprint density at radius 1 is 1.48 bits per heavy atom. The van der Waals surface area contributed by atoms with Gasteiger partial charge in [0.1, 0.15) is 11.8 Å². The van der Waals surface area contributed by atoms with E-state index < -0.39 is 12.0 Å². The highest BCUT2D eigenvalue weighted by molar-refractivity contribution is 5.82. The van der Waals surface area contributed by atoms with Gasteiger partial charge in [-0.15, -0.1) is 0 Å². The summed E-state index contributed by atoms with van der Waals surface area (Å²) >= 11 is 0. The highest BCUT2D eigenvalue weighted by atomic mass is 16.5. The van der Waals surface area contributed by atoms with Crippen molar-refractivity contribution in [1.82, 2.24) is 0 Å². The van der Waals surface area contributed by atoms with Crippen LogP contribution in [0.3, 0.4) is 0 Å². The highest BCUT2D eigenvalue weighted by Crippen LogP contribution is 2.49. The Bertz CT molecular complexity index is 568. The number of carbonyl (C=O) groups is 1. The summed E-state index contributed by atoms with van der Waals surface area (Å²) < 4.78 is 5.58. The monoisotopic (exact) mass is 319 g/mol. The first kappa shape index (κ1) is 17.6. The maximum Gasteiger partial charge on any atom is 0.326 e. The third-order valence-electron chi connectivity index (χ3n) is 4.91. The van der Waals surface area contributed by atoms with Gasteiger partial charge in [-0.25, -0.2) is 4.79 Å². The molecule has 1 aromatic rings. The molecule has 0 saturated heterocycles. The summed E-state index contributed by atoms with van der Waals surface area (Å²) in [7, 11) is 1.65. The molecule has 4 heteroatoms. The van der Waals surface area contributed by atoms with Gasteiger partial charge in [-0.1, -0.05) is 38.8 Å². The number of para-hydroxylation sites is 1. The predicted octanol–water partition coefficient (Wildman–Crippen LogP) is 4.43. The predicted molar refractivity (Wildman–Crippen MR) is 93.5 cm³/mol. The van der Waals surface area contributed by atoms with Gasteiger partial charge < -0.3 is 14.7 Å². The van der Waals surface area contributed by atoms with Crippen LogP contribution in [0, 0.1) is 0 Å². The molecule has 1 aromatic carbocycles. The van der Waals surface area contributed by atoms with Crippen molar-refractivity contribution in [2.45, 2.75) is 70.9 Å². The van der Waals surface area contributed by atoms with Crippen molar-refractivity contribution in [3.8, 4) is 5.75 Å². The number of unbranched alkanes of at least 4 members (excludes halogenated alkanes) is 1. The molecule has 0 aromatic heterocycles. The Kier molecular flexibility index (Phi) is 5.23. The summed E-state index contributed by atoms with van der Waals surface area (Å²) in [4.78, 5) is 14.1. The first-order valence-corrected chi connectivity index (χ1v) is 8.52. The van der Waals surface area contributed by atoms with Crippen molar-refractivity contribution in [3.05, 3.63) is 23.8 Å². The molecule has 1 aliphatic rings. The lowest BCUT2D eigenvalue weighted by Crippen LogP contribution is -2.56. The number of fused-ring (bicyclic) bond motifs is 1. The van der Waals surface area contributed by atoms with Crippen LogP contribution in [0.15, 0.2) is 18.2 Å². The maximum atomic E-state index is 12.0. The minimum Gasteiger partial charge on any atom is -0.495 e. The number of nitrogens with zero attached hydrogens (tertiary/aromatic N) is 1. The van der Waals surface area contributed by atoms with Gasteiger partial charge in [0.25, 0.3) is 0 Å². The number of methoxy groups -OCH3 is 1. The number of hydrogen-bond donors (Lipinski definition) is 1. The number of ether oxygens (including phenoxy) is 1. The molecule has 0 amide bonds. The molecule has 0 saturated carbocycles. The van der Waals surface area contributed by atoms with Crippen molar-refractivity contribution in [3.63, 3.8) is 0 Å². The Labute approximate surface area is 139 Å². The minimum atomic E-state index is -0.752. The summed E-state index contributed by atoms with van der Waals surface area (Å²) in [5.74, 6) is 0.398. The van der Waals surface area contributed by atoms with Gasteiger partial charge in [-0.3, -0.25) is 0 Å². The van der Waals surface area contributed by atoms with Gasteiger partial charge in [0.2, 0.25) is 0 Å². The second-order valence-electron chi connectivity index (χ2n) is 7.18. The largest absolute Gasteiger partial charge is 0.495 e. The molecule has 1 aliphatic heterocycles. The second kappa shape index (κ2) is 6.81. The minimum absolute atomic E-state index is 0.224. The van der Waals surface area contributed by atoms with E-state index in [0.717, 1.165) is 30.7 Å². The molecule has 0 bridgehead atoms. The van der Waals surface area contributed by atoms with E-state index >= 15 is 0 Å². The second-order valence-corrected chi connectivity index (χ2v) is 7.18. The summed E-state index contributed by atoms with van der Waals surface area (Å²) in [6, 6.07) is 5.50. The molecule has 0 spiro atoms. The smallest absolute Gasteiger partial charge is 0.326 e. The van der Waals surface area contributed by atoms with E-state index in [-0.39, 0.29) is 5.54 Å². The van der Waals surface area contributed by atoms with Crippen LogP contribution in [0.25, 0.3) is 0 Å². The fourth-order valence-electron chi connectivity index (χ4n) is 3.96. The first-order chi connectivity index (χ1) is 10.8. The molecule has 0 fully saturated rings. The van der Waals surface area contributed by atoms with Crippen LogP contribution in [0.2, 0.25) is 0 Å². The topological polar surface area (TPSA) is 49.8 Å². The molecule has 0 radical (unpaired) electrons. The van der Waals surface area contributed by atoms with Gasteiger partial charge in [0, 0.05) is 5.54 Å². The SMILES string of the molecule is CCCCC(C(=O)O)N1c2c(OC)cccc2C(C)CC1(C)C. The van der Waals surface area contributed by atoms with Crippen LogP contribution in [0.5, 0.6) is 5.75 Å². The summed E-state index contributed by atoms with van der Waals surface area (Å²) in [6.45, 7) is 8.58. The van der Waals surface area contributed by atoms with Crippen molar-refractivity contribution >= 4 is 11.7 Å². The molecule has 2 unspecified atom stereocenters. The van der Waals surface area contributed by atoms with E-state index in [4.69, 9.17) is 4.74 Å². The van der Waals surface area contributed by atoms with Crippen LogP contribution in [-0.4, -0.2) is 29.8 Å².